The van der Waals surface area contributed by atoms with Gasteiger partial charge >= 0.3 is 12.4 Å². The Bertz CT molecular complexity index is 188. The van der Waals surface area contributed by atoms with Crippen LogP contribution in [0.3, 0.4) is 0 Å². The van der Waals surface area contributed by atoms with Crippen LogP contribution in [0.2, 0.25) is 0 Å². The molecule has 0 amide bonds. The van der Waals surface area contributed by atoms with Crippen molar-refractivity contribution < 1.29 is 26.3 Å². The molecule has 0 radical (unpaired) electrons. The second kappa shape index (κ2) is 4.22. The van der Waals surface area contributed by atoms with Gasteiger partial charge in [-0.2, -0.15) is 26.3 Å². The van der Waals surface area contributed by atoms with Gasteiger partial charge in [0.2, 0.25) is 0 Å². The van der Waals surface area contributed by atoms with Gasteiger partial charge < -0.3 is 0 Å². The lowest BCUT2D eigenvalue weighted by molar-refractivity contribution is -0.339. The SMILES string of the molecule is CCC(C)CC(C)(C(F)(F)F)C(F)(F)F. The van der Waals surface area contributed by atoms with Crippen molar-refractivity contribution in [2.24, 2.45) is 11.3 Å². The zero-order valence-electron chi connectivity index (χ0n) is 8.76. The van der Waals surface area contributed by atoms with Crippen LogP contribution in [-0.4, -0.2) is 12.4 Å². The summed E-state index contributed by atoms with van der Waals surface area (Å²) in [5, 5.41) is 0. The molecule has 0 nitrogen and oxygen atoms in total. The highest BCUT2D eigenvalue weighted by Gasteiger charge is 2.67. The van der Waals surface area contributed by atoms with Gasteiger partial charge in [0.1, 0.15) is 0 Å². The summed E-state index contributed by atoms with van der Waals surface area (Å²) in [5.41, 5.74) is -3.60. The van der Waals surface area contributed by atoms with Crippen molar-refractivity contribution in [1.29, 1.82) is 0 Å². The lowest BCUT2D eigenvalue weighted by atomic mass is 9.79. The molecule has 6 heteroatoms. The highest BCUT2D eigenvalue weighted by atomic mass is 19.4. The van der Waals surface area contributed by atoms with E-state index < -0.39 is 30.1 Å². The van der Waals surface area contributed by atoms with E-state index >= 15 is 0 Å². The molecule has 1 unspecified atom stereocenters. The van der Waals surface area contributed by atoms with Crippen molar-refractivity contribution in [2.45, 2.75) is 46.0 Å². The highest BCUT2D eigenvalue weighted by molar-refractivity contribution is 4.90. The number of alkyl halides is 6. The zero-order chi connectivity index (χ0) is 12.5. The third-order valence-corrected chi connectivity index (χ3v) is 2.70. The van der Waals surface area contributed by atoms with E-state index in [2.05, 4.69) is 0 Å². The van der Waals surface area contributed by atoms with E-state index in [9.17, 15) is 26.3 Å². The van der Waals surface area contributed by atoms with Gasteiger partial charge in [-0.15, -0.1) is 0 Å². The van der Waals surface area contributed by atoms with Crippen LogP contribution in [0, 0.1) is 11.3 Å². The largest absolute Gasteiger partial charge is 0.402 e. The summed E-state index contributed by atoms with van der Waals surface area (Å²) >= 11 is 0. The van der Waals surface area contributed by atoms with E-state index in [0.29, 0.717) is 6.42 Å². The molecular formula is C9H14F6. The van der Waals surface area contributed by atoms with Gasteiger partial charge in [-0.05, 0) is 19.3 Å². The molecule has 0 aromatic heterocycles. The molecule has 0 N–H and O–H groups in total. The second-order valence-electron chi connectivity index (χ2n) is 4.05. The third kappa shape index (κ3) is 3.01. The molecule has 0 aliphatic carbocycles. The Balaban J connectivity index is 5.06. The minimum Gasteiger partial charge on any atom is -0.170 e. The van der Waals surface area contributed by atoms with Crippen LogP contribution >= 0.6 is 0 Å². The number of rotatable bonds is 3. The minimum absolute atomic E-state index is 0.221. The second-order valence-corrected chi connectivity index (χ2v) is 4.05. The van der Waals surface area contributed by atoms with Crippen LogP contribution in [-0.2, 0) is 0 Å². The smallest absolute Gasteiger partial charge is 0.170 e. The molecule has 15 heavy (non-hydrogen) atoms. The molecule has 1 atom stereocenters. The molecule has 0 spiro atoms. The summed E-state index contributed by atoms with van der Waals surface area (Å²) in [6.07, 6.45) is -11.1. The standard InChI is InChI=1S/C9H14F6/c1-4-6(2)5-7(3,8(10,11)12)9(13,14)15/h6H,4-5H2,1-3H3. The molecule has 0 saturated carbocycles. The maximum atomic E-state index is 12.4. The number of halogens is 6. The molecule has 0 aromatic rings. The summed E-state index contributed by atoms with van der Waals surface area (Å²) in [5.74, 6) is -0.613. The van der Waals surface area contributed by atoms with Crippen LogP contribution in [0.1, 0.15) is 33.6 Å². The van der Waals surface area contributed by atoms with E-state index in [1.807, 2.05) is 0 Å². The van der Waals surface area contributed by atoms with E-state index in [4.69, 9.17) is 0 Å². The normalized spacial score (nSPS) is 16.6. The monoisotopic (exact) mass is 236 g/mol. The first-order valence-corrected chi connectivity index (χ1v) is 4.59. The Labute approximate surface area is 84.7 Å². The molecule has 0 saturated heterocycles. The van der Waals surface area contributed by atoms with Crippen molar-refractivity contribution in [1.82, 2.24) is 0 Å². The Morgan fingerprint density at radius 3 is 1.47 bits per heavy atom. The maximum absolute atomic E-state index is 12.4. The minimum atomic E-state index is -5.26. The molecule has 0 heterocycles. The maximum Gasteiger partial charge on any atom is 0.402 e. The topological polar surface area (TPSA) is 0 Å². The van der Waals surface area contributed by atoms with Crippen molar-refractivity contribution in [2.75, 3.05) is 0 Å². The highest BCUT2D eigenvalue weighted by Crippen LogP contribution is 2.53. The summed E-state index contributed by atoms with van der Waals surface area (Å²) in [4.78, 5) is 0. The van der Waals surface area contributed by atoms with Crippen LogP contribution in [0.5, 0.6) is 0 Å². The van der Waals surface area contributed by atoms with Gasteiger partial charge in [-0.25, -0.2) is 0 Å². The van der Waals surface area contributed by atoms with Crippen molar-refractivity contribution in [3.63, 3.8) is 0 Å². The van der Waals surface area contributed by atoms with Crippen molar-refractivity contribution in [3.8, 4) is 0 Å². The van der Waals surface area contributed by atoms with Gasteiger partial charge in [0.05, 0.1) is 0 Å². The molecule has 0 aliphatic rings. The third-order valence-electron chi connectivity index (χ3n) is 2.70. The van der Waals surface area contributed by atoms with Gasteiger partial charge in [0, 0.05) is 0 Å². The molecule has 92 valence electrons. The van der Waals surface area contributed by atoms with Gasteiger partial charge in [0.15, 0.2) is 5.41 Å². The molecule has 0 aromatic carbocycles. The quantitative estimate of drug-likeness (QED) is 0.630. The fourth-order valence-corrected chi connectivity index (χ4v) is 1.23. The summed E-state index contributed by atoms with van der Waals surface area (Å²) < 4.78 is 74.3. The average Bonchev–Trinajstić information content (AvgIpc) is 1.99. The Morgan fingerprint density at radius 1 is 0.933 bits per heavy atom. The summed E-state index contributed by atoms with van der Waals surface area (Å²) in [7, 11) is 0. The lowest BCUT2D eigenvalue weighted by Gasteiger charge is -2.35. The Hall–Kier alpha value is -0.420. The molecule has 0 bridgehead atoms. The fraction of sp³-hybridized carbons (Fsp3) is 1.00. The first-order valence-electron chi connectivity index (χ1n) is 4.59. The fourth-order valence-electron chi connectivity index (χ4n) is 1.23. The van der Waals surface area contributed by atoms with E-state index in [1.165, 1.54) is 6.92 Å². The van der Waals surface area contributed by atoms with E-state index in [0.717, 1.165) is 0 Å². The van der Waals surface area contributed by atoms with E-state index in [1.54, 1.807) is 6.92 Å². The zero-order valence-corrected chi connectivity index (χ0v) is 8.76. The first-order chi connectivity index (χ1) is 6.45. The average molecular weight is 236 g/mol. The lowest BCUT2D eigenvalue weighted by Crippen LogP contribution is -2.48. The number of hydrogen-bond acceptors (Lipinski definition) is 0. The van der Waals surface area contributed by atoms with Crippen molar-refractivity contribution >= 4 is 0 Å². The number of hydrogen-bond donors (Lipinski definition) is 0. The first kappa shape index (κ1) is 14.6. The van der Waals surface area contributed by atoms with Crippen molar-refractivity contribution in [3.05, 3.63) is 0 Å². The van der Waals surface area contributed by atoms with Gasteiger partial charge in [-0.1, -0.05) is 20.3 Å². The van der Waals surface area contributed by atoms with E-state index in [-0.39, 0.29) is 6.92 Å². The summed E-state index contributed by atoms with van der Waals surface area (Å²) in [6, 6.07) is 0. The van der Waals surface area contributed by atoms with Crippen LogP contribution in [0.25, 0.3) is 0 Å². The van der Waals surface area contributed by atoms with Gasteiger partial charge in [0.25, 0.3) is 0 Å². The molecular weight excluding hydrogens is 222 g/mol. The van der Waals surface area contributed by atoms with Gasteiger partial charge in [-0.3, -0.25) is 0 Å². The predicted molar refractivity (Wildman–Crippen MR) is 44.3 cm³/mol. The van der Waals surface area contributed by atoms with Crippen LogP contribution in [0.15, 0.2) is 0 Å². The molecule has 0 aliphatic heterocycles. The summed E-state index contributed by atoms with van der Waals surface area (Å²) in [6.45, 7) is 3.17. The predicted octanol–water partition coefficient (Wildman–Crippen LogP) is 4.55. The Morgan fingerprint density at radius 2 is 1.27 bits per heavy atom. The van der Waals surface area contributed by atoms with Crippen LogP contribution in [0.4, 0.5) is 26.3 Å². The van der Waals surface area contributed by atoms with Crippen LogP contribution < -0.4 is 0 Å². The Kier molecular flexibility index (Phi) is 4.10. The molecule has 0 rings (SSSR count). The molecule has 0 fully saturated rings.